The zero-order valence-electron chi connectivity index (χ0n) is 8.84. The maximum atomic E-state index is 5.08. The number of hydrogen-bond acceptors (Lipinski definition) is 1. The van der Waals surface area contributed by atoms with Crippen LogP contribution in [-0.4, -0.2) is 7.11 Å². The Morgan fingerprint density at radius 3 is 2.43 bits per heavy atom. The molecule has 0 N–H and O–H groups in total. The maximum Gasteiger partial charge on any atom is 0.118 e. The molecule has 0 fully saturated rings. The Hall–Kier alpha value is -1.42. The van der Waals surface area contributed by atoms with E-state index in [1.165, 1.54) is 5.56 Å². The summed E-state index contributed by atoms with van der Waals surface area (Å²) in [7, 11) is 1.68. The van der Waals surface area contributed by atoms with Crippen LogP contribution in [0.15, 0.2) is 24.3 Å². The molecule has 0 heterocycles. The summed E-state index contributed by atoms with van der Waals surface area (Å²) < 4.78 is 5.08. The highest BCUT2D eigenvalue weighted by molar-refractivity contribution is 5.27. The Kier molecular flexibility index (Phi) is 4.64. The molecule has 0 bridgehead atoms. The van der Waals surface area contributed by atoms with E-state index < -0.39 is 0 Å². The van der Waals surface area contributed by atoms with Crippen molar-refractivity contribution in [1.29, 1.82) is 0 Å². The van der Waals surface area contributed by atoms with Crippen molar-refractivity contribution < 1.29 is 4.74 Å². The van der Waals surface area contributed by atoms with E-state index in [4.69, 9.17) is 4.74 Å². The molecule has 14 heavy (non-hydrogen) atoms. The molecule has 0 aliphatic carbocycles. The van der Waals surface area contributed by atoms with Crippen molar-refractivity contribution in [2.24, 2.45) is 0 Å². The molecule has 1 heteroatoms. The van der Waals surface area contributed by atoms with Crippen molar-refractivity contribution >= 4 is 0 Å². The summed E-state index contributed by atoms with van der Waals surface area (Å²) in [6.45, 7) is 2.07. The molecule has 0 aliphatic heterocycles. The summed E-state index contributed by atoms with van der Waals surface area (Å²) >= 11 is 0. The highest BCUT2D eigenvalue weighted by Crippen LogP contribution is 2.12. The number of benzene rings is 1. The summed E-state index contributed by atoms with van der Waals surface area (Å²) in [5.74, 6) is 7.11. The Morgan fingerprint density at radius 2 is 1.86 bits per heavy atom. The predicted molar refractivity (Wildman–Crippen MR) is 59.4 cm³/mol. The minimum absolute atomic E-state index is 0.911. The van der Waals surface area contributed by atoms with E-state index >= 15 is 0 Å². The Balaban J connectivity index is 2.43. The van der Waals surface area contributed by atoms with Crippen molar-refractivity contribution in [2.45, 2.75) is 26.2 Å². The third-order valence-electron chi connectivity index (χ3n) is 2.00. The van der Waals surface area contributed by atoms with Crippen molar-refractivity contribution in [3.8, 4) is 17.6 Å². The van der Waals surface area contributed by atoms with Gasteiger partial charge in [-0.05, 0) is 24.1 Å². The summed E-state index contributed by atoms with van der Waals surface area (Å²) in [6, 6.07) is 8.16. The molecule has 1 rings (SSSR count). The predicted octanol–water partition coefficient (Wildman–Crippen LogP) is 3.04. The topological polar surface area (TPSA) is 9.23 Å². The van der Waals surface area contributed by atoms with Gasteiger partial charge in [0.25, 0.3) is 0 Å². The number of rotatable bonds is 3. The van der Waals surface area contributed by atoms with Crippen molar-refractivity contribution in [3.63, 3.8) is 0 Å². The lowest BCUT2D eigenvalue weighted by Gasteiger charge is -2.00. The fraction of sp³-hybridized carbons (Fsp3) is 0.385. The SMILES string of the molecule is CCC#CCCc1ccc(OC)cc1. The molecule has 0 saturated heterocycles. The first kappa shape index (κ1) is 10.7. The van der Waals surface area contributed by atoms with E-state index in [0.29, 0.717) is 0 Å². The van der Waals surface area contributed by atoms with Crippen molar-refractivity contribution in [2.75, 3.05) is 7.11 Å². The molecule has 74 valence electrons. The van der Waals surface area contributed by atoms with Crippen molar-refractivity contribution in [1.82, 2.24) is 0 Å². The molecule has 1 aromatic rings. The quantitative estimate of drug-likeness (QED) is 0.662. The molecule has 1 nitrogen and oxygen atoms in total. The van der Waals surface area contributed by atoms with Gasteiger partial charge in [0.2, 0.25) is 0 Å². The lowest BCUT2D eigenvalue weighted by atomic mass is 10.1. The number of ether oxygens (including phenoxy) is 1. The number of hydrogen-bond donors (Lipinski definition) is 0. The Labute approximate surface area is 86.1 Å². The van der Waals surface area contributed by atoms with Crippen molar-refractivity contribution in [3.05, 3.63) is 29.8 Å². The molecule has 0 saturated carbocycles. The average Bonchev–Trinajstić information content (AvgIpc) is 2.25. The van der Waals surface area contributed by atoms with Gasteiger partial charge in [0.15, 0.2) is 0 Å². The summed E-state index contributed by atoms with van der Waals surface area (Å²) in [4.78, 5) is 0. The van der Waals surface area contributed by atoms with E-state index in [2.05, 4.69) is 30.9 Å². The molecule has 0 atom stereocenters. The van der Waals surface area contributed by atoms with Gasteiger partial charge in [-0.15, -0.1) is 11.8 Å². The largest absolute Gasteiger partial charge is 0.497 e. The van der Waals surface area contributed by atoms with Gasteiger partial charge in [-0.1, -0.05) is 19.1 Å². The molecule has 0 amide bonds. The second-order valence-corrected chi connectivity index (χ2v) is 3.06. The first-order chi connectivity index (χ1) is 6.86. The van der Waals surface area contributed by atoms with E-state index in [0.717, 1.165) is 25.0 Å². The smallest absolute Gasteiger partial charge is 0.118 e. The Bertz CT molecular complexity index is 313. The number of methoxy groups -OCH3 is 1. The molecule has 0 spiro atoms. The minimum atomic E-state index is 0.911. The van der Waals surface area contributed by atoms with Gasteiger partial charge in [-0.2, -0.15) is 0 Å². The standard InChI is InChI=1S/C13H16O/c1-3-4-5-6-7-12-8-10-13(14-2)11-9-12/h8-11H,3,6-7H2,1-2H3. The second-order valence-electron chi connectivity index (χ2n) is 3.06. The van der Waals surface area contributed by atoms with Gasteiger partial charge in [-0.3, -0.25) is 0 Å². The lowest BCUT2D eigenvalue weighted by molar-refractivity contribution is 0.414. The fourth-order valence-corrected chi connectivity index (χ4v) is 1.21. The normalized spacial score (nSPS) is 9.00. The monoisotopic (exact) mass is 188 g/mol. The zero-order chi connectivity index (χ0) is 10.2. The minimum Gasteiger partial charge on any atom is -0.497 e. The third kappa shape index (κ3) is 3.53. The first-order valence-electron chi connectivity index (χ1n) is 4.95. The van der Waals surface area contributed by atoms with Gasteiger partial charge in [-0.25, -0.2) is 0 Å². The summed E-state index contributed by atoms with van der Waals surface area (Å²) in [5, 5.41) is 0. The van der Waals surface area contributed by atoms with Crippen LogP contribution < -0.4 is 4.74 Å². The number of aryl methyl sites for hydroxylation is 1. The van der Waals surface area contributed by atoms with Crippen LogP contribution in [0.5, 0.6) is 5.75 Å². The fourth-order valence-electron chi connectivity index (χ4n) is 1.21. The van der Waals surface area contributed by atoms with Gasteiger partial charge in [0.05, 0.1) is 7.11 Å². The highest BCUT2D eigenvalue weighted by atomic mass is 16.5. The maximum absolute atomic E-state index is 5.08. The highest BCUT2D eigenvalue weighted by Gasteiger charge is 1.92. The van der Waals surface area contributed by atoms with Gasteiger partial charge in [0.1, 0.15) is 5.75 Å². The lowest BCUT2D eigenvalue weighted by Crippen LogP contribution is -1.85. The molecule has 0 aliphatic rings. The van der Waals surface area contributed by atoms with E-state index in [-0.39, 0.29) is 0 Å². The van der Waals surface area contributed by atoms with Crippen LogP contribution in [0, 0.1) is 11.8 Å². The average molecular weight is 188 g/mol. The van der Waals surface area contributed by atoms with Gasteiger partial charge >= 0.3 is 0 Å². The molecule has 0 aromatic heterocycles. The first-order valence-corrected chi connectivity index (χ1v) is 4.95. The summed E-state index contributed by atoms with van der Waals surface area (Å²) in [5.41, 5.74) is 1.32. The van der Waals surface area contributed by atoms with Crippen LogP contribution in [0.25, 0.3) is 0 Å². The second kappa shape index (κ2) is 6.10. The van der Waals surface area contributed by atoms with Crippen LogP contribution in [0.3, 0.4) is 0 Å². The van der Waals surface area contributed by atoms with E-state index in [1.807, 2.05) is 12.1 Å². The molecular weight excluding hydrogens is 172 g/mol. The van der Waals surface area contributed by atoms with Gasteiger partial charge < -0.3 is 4.74 Å². The van der Waals surface area contributed by atoms with Gasteiger partial charge in [0, 0.05) is 12.8 Å². The van der Waals surface area contributed by atoms with E-state index in [1.54, 1.807) is 7.11 Å². The molecule has 0 unspecified atom stereocenters. The van der Waals surface area contributed by atoms with Crippen LogP contribution >= 0.6 is 0 Å². The van der Waals surface area contributed by atoms with Crippen LogP contribution in [0.4, 0.5) is 0 Å². The van der Waals surface area contributed by atoms with Crippen LogP contribution in [-0.2, 0) is 6.42 Å². The van der Waals surface area contributed by atoms with Crippen LogP contribution in [0.2, 0.25) is 0 Å². The Morgan fingerprint density at radius 1 is 1.14 bits per heavy atom. The molecule has 1 aromatic carbocycles. The van der Waals surface area contributed by atoms with Crippen LogP contribution in [0.1, 0.15) is 25.3 Å². The summed E-state index contributed by atoms with van der Waals surface area (Å²) in [6.07, 6.45) is 2.92. The molecular formula is C13H16O. The zero-order valence-corrected chi connectivity index (χ0v) is 8.84. The third-order valence-corrected chi connectivity index (χ3v) is 2.00. The van der Waals surface area contributed by atoms with E-state index in [9.17, 15) is 0 Å². The molecule has 0 radical (unpaired) electrons.